The Morgan fingerprint density at radius 2 is 2.06 bits per heavy atom. The highest BCUT2D eigenvalue weighted by Crippen LogP contribution is 1.96. The minimum atomic E-state index is -0.244. The summed E-state index contributed by atoms with van der Waals surface area (Å²) in [5.41, 5.74) is 0. The third-order valence-electron chi connectivity index (χ3n) is 2.84. The zero-order chi connectivity index (χ0) is 11.8. The van der Waals surface area contributed by atoms with Gasteiger partial charge in [-0.3, -0.25) is 4.79 Å². The second kappa shape index (κ2) is 7.29. The number of likely N-dealkylation sites (tertiary alicyclic amines) is 1. The van der Waals surface area contributed by atoms with Crippen molar-refractivity contribution in [2.45, 2.75) is 45.6 Å². The molecule has 1 fully saturated rings. The smallest absolute Gasteiger partial charge is 0.303 e. The molecule has 0 bridgehead atoms. The first-order valence-electron chi connectivity index (χ1n) is 6.21. The fraction of sp³-hybridized carbons (Fsp3) is 0.769. The van der Waals surface area contributed by atoms with Crippen LogP contribution in [-0.4, -0.2) is 31.7 Å². The van der Waals surface area contributed by atoms with Crippen LogP contribution in [0, 0.1) is 11.8 Å². The molecular weight excluding hydrogens is 202 g/mol. The van der Waals surface area contributed by atoms with Gasteiger partial charge in [0.15, 0.2) is 6.10 Å². The molecule has 3 heteroatoms. The first-order chi connectivity index (χ1) is 7.72. The molecule has 0 saturated carbocycles. The minimum absolute atomic E-state index is 0.221. The fourth-order valence-electron chi connectivity index (χ4n) is 1.93. The van der Waals surface area contributed by atoms with Gasteiger partial charge in [-0.05, 0) is 31.6 Å². The Labute approximate surface area is 98.1 Å². The Morgan fingerprint density at radius 3 is 2.62 bits per heavy atom. The van der Waals surface area contributed by atoms with Gasteiger partial charge in [-0.15, -0.1) is 0 Å². The summed E-state index contributed by atoms with van der Waals surface area (Å²) >= 11 is 0. The number of hydrogen-bond donors (Lipinski definition) is 1. The molecular formula is C13H22NO2+. The molecule has 0 radical (unpaired) electrons. The van der Waals surface area contributed by atoms with E-state index in [1.54, 1.807) is 4.90 Å². The van der Waals surface area contributed by atoms with Gasteiger partial charge in [-0.1, -0.05) is 12.8 Å². The molecule has 0 aromatic rings. The molecule has 0 aliphatic carbocycles. The topological polar surface area (TPSA) is 30.7 Å². The van der Waals surface area contributed by atoms with Crippen LogP contribution in [0.2, 0.25) is 0 Å². The highest BCUT2D eigenvalue weighted by molar-refractivity contribution is 5.66. The molecule has 1 rings (SSSR count). The standard InChI is InChI=1S/C13H21NO2/c1-3-13(16-12(2)15)8-7-11-14-9-5-4-6-10-14/h13H,3-6,9-11H2,1-2H3/p+1/t13-/m0/s1. The monoisotopic (exact) mass is 224 g/mol. The Balaban J connectivity index is 2.30. The number of hydrogen-bond acceptors (Lipinski definition) is 2. The second-order valence-corrected chi connectivity index (χ2v) is 4.31. The van der Waals surface area contributed by atoms with Crippen molar-refractivity contribution in [2.24, 2.45) is 0 Å². The van der Waals surface area contributed by atoms with Crippen LogP contribution in [0.5, 0.6) is 0 Å². The molecule has 0 aromatic carbocycles. The van der Waals surface area contributed by atoms with E-state index in [1.807, 2.05) is 6.92 Å². The quantitative estimate of drug-likeness (QED) is 0.556. The third-order valence-corrected chi connectivity index (χ3v) is 2.84. The zero-order valence-corrected chi connectivity index (χ0v) is 10.3. The Kier molecular flexibility index (Phi) is 5.95. The number of nitrogens with one attached hydrogen (secondary N) is 1. The first kappa shape index (κ1) is 13.1. The van der Waals surface area contributed by atoms with Crippen molar-refractivity contribution in [3.8, 4) is 11.8 Å². The van der Waals surface area contributed by atoms with Crippen molar-refractivity contribution in [1.29, 1.82) is 0 Å². The van der Waals surface area contributed by atoms with E-state index >= 15 is 0 Å². The van der Waals surface area contributed by atoms with Crippen molar-refractivity contribution in [1.82, 2.24) is 0 Å². The molecule has 16 heavy (non-hydrogen) atoms. The number of rotatable bonds is 3. The largest absolute Gasteiger partial charge is 0.449 e. The van der Waals surface area contributed by atoms with Gasteiger partial charge in [0, 0.05) is 6.92 Å². The van der Waals surface area contributed by atoms with Crippen molar-refractivity contribution < 1.29 is 14.4 Å². The van der Waals surface area contributed by atoms with Crippen LogP contribution in [0.15, 0.2) is 0 Å². The van der Waals surface area contributed by atoms with Crippen molar-refractivity contribution in [3.05, 3.63) is 0 Å². The van der Waals surface area contributed by atoms with E-state index in [0.29, 0.717) is 0 Å². The lowest BCUT2D eigenvalue weighted by atomic mass is 10.1. The number of carbonyl (C=O) groups is 1. The van der Waals surface area contributed by atoms with Crippen LogP contribution in [-0.2, 0) is 9.53 Å². The molecule has 3 nitrogen and oxygen atoms in total. The average molecular weight is 224 g/mol. The lowest BCUT2D eigenvalue weighted by Gasteiger charge is -2.21. The predicted octanol–water partition coefficient (Wildman–Crippen LogP) is 0.400. The number of piperidine rings is 1. The van der Waals surface area contributed by atoms with Gasteiger partial charge < -0.3 is 9.64 Å². The van der Waals surface area contributed by atoms with E-state index in [1.165, 1.54) is 39.3 Å². The molecule has 1 aliphatic rings. The van der Waals surface area contributed by atoms with E-state index < -0.39 is 0 Å². The van der Waals surface area contributed by atoms with Gasteiger partial charge in [-0.2, -0.15) is 0 Å². The minimum Gasteiger partial charge on any atom is -0.449 e. The first-order valence-corrected chi connectivity index (χ1v) is 6.21. The summed E-state index contributed by atoms with van der Waals surface area (Å²) in [5, 5.41) is 0. The normalized spacial score (nSPS) is 18.4. The van der Waals surface area contributed by atoms with Crippen LogP contribution in [0.4, 0.5) is 0 Å². The van der Waals surface area contributed by atoms with E-state index in [9.17, 15) is 4.79 Å². The summed E-state index contributed by atoms with van der Waals surface area (Å²) in [4.78, 5) is 12.3. The summed E-state index contributed by atoms with van der Waals surface area (Å²) < 4.78 is 5.07. The summed E-state index contributed by atoms with van der Waals surface area (Å²) in [6, 6.07) is 0. The fourth-order valence-corrected chi connectivity index (χ4v) is 1.93. The van der Waals surface area contributed by atoms with E-state index in [0.717, 1.165) is 13.0 Å². The van der Waals surface area contributed by atoms with E-state index in [2.05, 4.69) is 11.8 Å². The highest BCUT2D eigenvalue weighted by atomic mass is 16.5. The molecule has 1 atom stereocenters. The summed E-state index contributed by atoms with van der Waals surface area (Å²) in [6.45, 7) is 6.77. The van der Waals surface area contributed by atoms with Crippen molar-refractivity contribution in [2.75, 3.05) is 19.6 Å². The molecule has 0 spiro atoms. The van der Waals surface area contributed by atoms with Crippen LogP contribution in [0.1, 0.15) is 39.5 Å². The lowest BCUT2D eigenvalue weighted by molar-refractivity contribution is -0.897. The van der Waals surface area contributed by atoms with Crippen LogP contribution < -0.4 is 4.90 Å². The maximum atomic E-state index is 10.8. The predicted molar refractivity (Wildman–Crippen MR) is 63.0 cm³/mol. The zero-order valence-electron chi connectivity index (χ0n) is 10.3. The molecule has 1 heterocycles. The van der Waals surface area contributed by atoms with Gasteiger partial charge in [0.2, 0.25) is 0 Å². The SMILES string of the molecule is CC[C@@H](C#CC[NH+]1CCCCC1)OC(C)=O. The molecule has 1 saturated heterocycles. The molecule has 90 valence electrons. The Morgan fingerprint density at radius 1 is 1.38 bits per heavy atom. The van der Waals surface area contributed by atoms with Crippen LogP contribution in [0.3, 0.4) is 0 Å². The lowest BCUT2D eigenvalue weighted by Crippen LogP contribution is -3.12. The Bertz CT molecular complexity index is 271. The van der Waals surface area contributed by atoms with Crippen LogP contribution in [0.25, 0.3) is 0 Å². The number of carbonyl (C=O) groups excluding carboxylic acids is 1. The van der Waals surface area contributed by atoms with Gasteiger partial charge in [0.1, 0.15) is 6.54 Å². The van der Waals surface area contributed by atoms with Gasteiger partial charge in [0.25, 0.3) is 0 Å². The van der Waals surface area contributed by atoms with Gasteiger partial charge >= 0.3 is 5.97 Å². The summed E-state index contributed by atoms with van der Waals surface area (Å²) in [6.07, 6.45) is 4.54. The van der Waals surface area contributed by atoms with Crippen molar-refractivity contribution in [3.63, 3.8) is 0 Å². The summed E-state index contributed by atoms with van der Waals surface area (Å²) in [5.74, 6) is 5.94. The molecule has 0 unspecified atom stereocenters. The van der Waals surface area contributed by atoms with Crippen molar-refractivity contribution >= 4 is 5.97 Å². The van der Waals surface area contributed by atoms with Gasteiger partial charge in [0.05, 0.1) is 13.1 Å². The number of quaternary nitrogens is 1. The number of ether oxygens (including phenoxy) is 1. The molecule has 0 amide bonds. The Hall–Kier alpha value is -1.01. The van der Waals surface area contributed by atoms with Gasteiger partial charge in [-0.25, -0.2) is 0 Å². The molecule has 1 N–H and O–H groups in total. The highest BCUT2D eigenvalue weighted by Gasteiger charge is 2.11. The average Bonchev–Trinajstić information content (AvgIpc) is 2.28. The molecule has 1 aliphatic heterocycles. The number of esters is 1. The maximum Gasteiger partial charge on any atom is 0.303 e. The molecule has 0 aromatic heterocycles. The van der Waals surface area contributed by atoms with Crippen LogP contribution >= 0.6 is 0 Å². The van der Waals surface area contributed by atoms with E-state index in [-0.39, 0.29) is 12.1 Å². The van der Waals surface area contributed by atoms with E-state index in [4.69, 9.17) is 4.74 Å². The second-order valence-electron chi connectivity index (χ2n) is 4.31. The third kappa shape index (κ3) is 5.18. The summed E-state index contributed by atoms with van der Waals surface area (Å²) in [7, 11) is 0. The maximum absolute atomic E-state index is 10.8.